The van der Waals surface area contributed by atoms with E-state index in [2.05, 4.69) is 15.6 Å². The first-order valence-corrected chi connectivity index (χ1v) is 7.80. The Morgan fingerprint density at radius 1 is 1.26 bits per heavy atom. The maximum absolute atomic E-state index is 11.6. The van der Waals surface area contributed by atoms with Crippen molar-refractivity contribution in [3.05, 3.63) is 29.8 Å². The third kappa shape index (κ3) is 7.54. The molecular weight excluding hydrogens is 292 g/mol. The van der Waals surface area contributed by atoms with Gasteiger partial charge in [0, 0.05) is 26.7 Å². The smallest absolute Gasteiger partial charge is 0.243 e. The zero-order chi connectivity index (χ0) is 17.2. The van der Waals surface area contributed by atoms with Crippen LogP contribution in [0.3, 0.4) is 0 Å². The molecule has 128 valence electrons. The molecule has 0 aromatic heterocycles. The van der Waals surface area contributed by atoms with E-state index >= 15 is 0 Å². The number of rotatable bonds is 7. The second kappa shape index (κ2) is 9.71. The number of aliphatic imine (C=N–C) groups is 1. The highest BCUT2D eigenvalue weighted by atomic mass is 16.5. The minimum atomic E-state index is -0.0231. The van der Waals surface area contributed by atoms with E-state index in [1.165, 1.54) is 10.5 Å². The van der Waals surface area contributed by atoms with Crippen LogP contribution in [0.25, 0.3) is 0 Å². The molecule has 0 aliphatic carbocycles. The molecule has 1 amide bonds. The zero-order valence-electron chi connectivity index (χ0n) is 14.7. The molecule has 0 bridgehead atoms. The van der Waals surface area contributed by atoms with Gasteiger partial charge >= 0.3 is 0 Å². The van der Waals surface area contributed by atoms with E-state index in [9.17, 15) is 4.79 Å². The van der Waals surface area contributed by atoms with Gasteiger partial charge in [-0.15, -0.1) is 0 Å². The summed E-state index contributed by atoms with van der Waals surface area (Å²) in [6, 6.07) is 8.24. The van der Waals surface area contributed by atoms with Gasteiger partial charge in [0.05, 0.1) is 7.11 Å². The Kier molecular flexibility index (Phi) is 7.94. The number of likely N-dealkylation sites (N-methyl/N-ethyl adjacent to an activating group) is 1. The number of carbonyl (C=O) groups is 1. The standard InChI is InChI=1S/C17H28N4O2/c1-13(2)20-17(19-12-16(22)21(3)4)18-11-10-14-6-8-15(23-5)9-7-14/h6-9,13H,10-12H2,1-5H3,(H2,18,19,20). The van der Waals surface area contributed by atoms with Crippen LogP contribution in [0.1, 0.15) is 19.4 Å². The van der Waals surface area contributed by atoms with Crippen molar-refractivity contribution in [2.75, 3.05) is 34.3 Å². The van der Waals surface area contributed by atoms with Gasteiger partial charge in [0.1, 0.15) is 12.3 Å². The van der Waals surface area contributed by atoms with Crippen LogP contribution in [0, 0.1) is 0 Å². The monoisotopic (exact) mass is 320 g/mol. The summed E-state index contributed by atoms with van der Waals surface area (Å²) >= 11 is 0. The predicted octanol–water partition coefficient (Wildman–Crippen LogP) is 1.27. The Balaban J connectivity index is 2.52. The number of amides is 1. The number of guanidine groups is 1. The molecule has 6 heteroatoms. The lowest BCUT2D eigenvalue weighted by molar-refractivity contribution is -0.127. The van der Waals surface area contributed by atoms with Crippen molar-refractivity contribution in [2.45, 2.75) is 26.3 Å². The summed E-state index contributed by atoms with van der Waals surface area (Å²) in [4.78, 5) is 17.5. The number of hydrogen-bond acceptors (Lipinski definition) is 3. The summed E-state index contributed by atoms with van der Waals surface area (Å²) in [6.07, 6.45) is 0.865. The van der Waals surface area contributed by atoms with Crippen molar-refractivity contribution in [3.8, 4) is 5.75 Å². The second-order valence-electron chi connectivity index (χ2n) is 5.78. The first-order chi connectivity index (χ1) is 10.9. The van der Waals surface area contributed by atoms with Gasteiger partial charge < -0.3 is 20.3 Å². The van der Waals surface area contributed by atoms with Gasteiger partial charge in [0.2, 0.25) is 5.91 Å². The Morgan fingerprint density at radius 3 is 2.43 bits per heavy atom. The molecule has 0 heterocycles. The molecule has 1 aromatic carbocycles. The number of ether oxygens (including phenoxy) is 1. The summed E-state index contributed by atoms with van der Waals surface area (Å²) in [5.74, 6) is 1.49. The highest BCUT2D eigenvalue weighted by Crippen LogP contribution is 2.11. The average molecular weight is 320 g/mol. The maximum Gasteiger partial charge on any atom is 0.243 e. The molecule has 0 saturated heterocycles. The van der Waals surface area contributed by atoms with Gasteiger partial charge in [0.25, 0.3) is 0 Å². The zero-order valence-corrected chi connectivity index (χ0v) is 14.7. The molecule has 0 spiro atoms. The fraction of sp³-hybridized carbons (Fsp3) is 0.529. The van der Waals surface area contributed by atoms with Gasteiger partial charge in [-0.25, -0.2) is 4.99 Å². The van der Waals surface area contributed by atoms with Crippen molar-refractivity contribution in [3.63, 3.8) is 0 Å². The van der Waals surface area contributed by atoms with E-state index in [0.29, 0.717) is 5.96 Å². The molecule has 1 aromatic rings. The van der Waals surface area contributed by atoms with E-state index in [0.717, 1.165) is 18.7 Å². The highest BCUT2D eigenvalue weighted by Gasteiger charge is 2.05. The summed E-state index contributed by atoms with van der Waals surface area (Å²) in [6.45, 7) is 4.95. The first kappa shape index (κ1) is 18.8. The number of hydrogen-bond donors (Lipinski definition) is 2. The van der Waals surface area contributed by atoms with Gasteiger partial charge in [0.15, 0.2) is 5.96 Å². The van der Waals surface area contributed by atoms with E-state index in [1.807, 2.05) is 38.1 Å². The van der Waals surface area contributed by atoms with Crippen molar-refractivity contribution < 1.29 is 9.53 Å². The second-order valence-corrected chi connectivity index (χ2v) is 5.78. The molecule has 0 atom stereocenters. The van der Waals surface area contributed by atoms with Crippen LogP contribution < -0.4 is 15.4 Å². The van der Waals surface area contributed by atoms with Crippen LogP contribution in [-0.4, -0.2) is 57.1 Å². The number of benzene rings is 1. The Morgan fingerprint density at radius 2 is 1.91 bits per heavy atom. The van der Waals surface area contributed by atoms with Crippen LogP contribution in [0.2, 0.25) is 0 Å². The molecule has 0 saturated carbocycles. The van der Waals surface area contributed by atoms with Crippen LogP contribution >= 0.6 is 0 Å². The fourth-order valence-corrected chi connectivity index (χ4v) is 1.83. The lowest BCUT2D eigenvalue weighted by Gasteiger charge is -2.16. The predicted molar refractivity (Wildman–Crippen MR) is 94.0 cm³/mol. The van der Waals surface area contributed by atoms with Crippen LogP contribution in [0.5, 0.6) is 5.75 Å². The van der Waals surface area contributed by atoms with E-state index in [-0.39, 0.29) is 18.5 Å². The average Bonchev–Trinajstić information content (AvgIpc) is 2.52. The van der Waals surface area contributed by atoms with Gasteiger partial charge in [-0.1, -0.05) is 12.1 Å². The van der Waals surface area contributed by atoms with Crippen molar-refractivity contribution in [2.24, 2.45) is 4.99 Å². The third-order valence-corrected chi connectivity index (χ3v) is 3.16. The SMILES string of the molecule is COc1ccc(CCNC(=NCC(=O)N(C)C)NC(C)C)cc1. The fourth-order valence-electron chi connectivity index (χ4n) is 1.83. The number of methoxy groups -OCH3 is 1. The van der Waals surface area contributed by atoms with Crippen LogP contribution in [-0.2, 0) is 11.2 Å². The van der Waals surface area contributed by atoms with Crippen molar-refractivity contribution in [1.82, 2.24) is 15.5 Å². The minimum absolute atomic E-state index is 0.0231. The molecule has 0 aliphatic rings. The molecule has 2 N–H and O–H groups in total. The molecule has 0 unspecified atom stereocenters. The summed E-state index contributed by atoms with van der Waals surface area (Å²) in [7, 11) is 5.11. The molecular formula is C17H28N4O2. The first-order valence-electron chi connectivity index (χ1n) is 7.80. The van der Waals surface area contributed by atoms with Crippen LogP contribution in [0.4, 0.5) is 0 Å². The number of carbonyl (C=O) groups excluding carboxylic acids is 1. The molecule has 1 rings (SSSR count). The largest absolute Gasteiger partial charge is 0.497 e. The Hall–Kier alpha value is -2.24. The third-order valence-electron chi connectivity index (χ3n) is 3.16. The maximum atomic E-state index is 11.6. The van der Waals surface area contributed by atoms with Crippen molar-refractivity contribution >= 4 is 11.9 Å². The quantitative estimate of drug-likeness (QED) is 0.586. The summed E-state index contributed by atoms with van der Waals surface area (Å²) < 4.78 is 5.15. The molecule has 6 nitrogen and oxygen atoms in total. The van der Waals surface area contributed by atoms with Crippen molar-refractivity contribution in [1.29, 1.82) is 0 Å². The number of nitrogens with zero attached hydrogens (tertiary/aromatic N) is 2. The normalized spacial score (nSPS) is 11.3. The molecule has 0 radical (unpaired) electrons. The van der Waals surface area contributed by atoms with Gasteiger partial charge in [-0.2, -0.15) is 0 Å². The Labute approximate surface area is 138 Å². The topological polar surface area (TPSA) is 66.0 Å². The van der Waals surface area contributed by atoms with Gasteiger partial charge in [-0.05, 0) is 38.0 Å². The molecule has 0 aliphatic heterocycles. The summed E-state index contributed by atoms with van der Waals surface area (Å²) in [5.41, 5.74) is 1.21. The highest BCUT2D eigenvalue weighted by molar-refractivity contribution is 5.84. The summed E-state index contributed by atoms with van der Waals surface area (Å²) in [5, 5.41) is 6.49. The number of nitrogens with one attached hydrogen (secondary N) is 2. The minimum Gasteiger partial charge on any atom is -0.497 e. The van der Waals surface area contributed by atoms with E-state index in [1.54, 1.807) is 21.2 Å². The van der Waals surface area contributed by atoms with Gasteiger partial charge in [-0.3, -0.25) is 4.79 Å². The molecule has 0 fully saturated rings. The molecule has 23 heavy (non-hydrogen) atoms. The van der Waals surface area contributed by atoms with E-state index < -0.39 is 0 Å². The van der Waals surface area contributed by atoms with Crippen LogP contribution in [0.15, 0.2) is 29.3 Å². The lowest BCUT2D eigenvalue weighted by Crippen LogP contribution is -2.42. The Bertz CT molecular complexity index is 510. The lowest BCUT2D eigenvalue weighted by atomic mass is 10.1. The van der Waals surface area contributed by atoms with E-state index in [4.69, 9.17) is 4.74 Å².